The molecule has 3 rings (SSSR count). The summed E-state index contributed by atoms with van der Waals surface area (Å²) in [5.41, 5.74) is 1.30. The smallest absolute Gasteiger partial charge is 0.251 e. The van der Waals surface area contributed by atoms with Crippen molar-refractivity contribution in [1.82, 2.24) is 5.32 Å². The summed E-state index contributed by atoms with van der Waals surface area (Å²) in [6.45, 7) is 0.460. The predicted molar refractivity (Wildman–Crippen MR) is 94.2 cm³/mol. The first-order valence-electron chi connectivity index (χ1n) is 8.00. The van der Waals surface area contributed by atoms with Gasteiger partial charge in [-0.2, -0.15) is 0 Å². The molecule has 1 atom stereocenters. The van der Waals surface area contributed by atoms with Gasteiger partial charge in [0.2, 0.25) is 5.91 Å². The maximum absolute atomic E-state index is 12.5. The summed E-state index contributed by atoms with van der Waals surface area (Å²) >= 11 is 0. The zero-order chi connectivity index (χ0) is 17.8. The molecule has 1 heterocycles. The number of carbonyl (C=O) groups is 2. The largest absolute Gasteiger partial charge is 0.493 e. The number of amides is 2. The third-order valence-corrected chi connectivity index (χ3v) is 4.17. The van der Waals surface area contributed by atoms with Crippen LogP contribution in [0, 0.1) is 0 Å². The zero-order valence-corrected chi connectivity index (χ0v) is 14.2. The lowest BCUT2D eigenvalue weighted by atomic mass is 10.1. The standard InChI is InChI=1S/C19H20N2O4/c1-24-16-9-8-13(10-17(16)25-2)19(23)20-14-11-18(22)21(12-14)15-6-4-3-5-7-15/h3-10,14H,11-12H2,1-2H3,(H,20,23)/t14-/m0/s1. The summed E-state index contributed by atoms with van der Waals surface area (Å²) in [7, 11) is 3.06. The Bertz CT molecular complexity index is 776. The molecule has 1 N–H and O–H groups in total. The molecule has 0 saturated carbocycles. The van der Waals surface area contributed by atoms with Crippen LogP contribution in [0.4, 0.5) is 5.69 Å². The molecule has 0 bridgehead atoms. The van der Waals surface area contributed by atoms with Crippen LogP contribution >= 0.6 is 0 Å². The van der Waals surface area contributed by atoms with E-state index in [2.05, 4.69) is 5.32 Å². The Morgan fingerprint density at radius 2 is 1.80 bits per heavy atom. The molecule has 2 aromatic carbocycles. The number of nitrogens with one attached hydrogen (secondary N) is 1. The summed E-state index contributed by atoms with van der Waals surface area (Å²) in [4.78, 5) is 26.4. The fourth-order valence-electron chi connectivity index (χ4n) is 2.91. The fraction of sp³-hybridized carbons (Fsp3) is 0.263. The molecule has 0 aromatic heterocycles. The van der Waals surface area contributed by atoms with Crippen molar-refractivity contribution in [1.29, 1.82) is 0 Å². The first-order valence-corrected chi connectivity index (χ1v) is 8.00. The van der Waals surface area contributed by atoms with Gasteiger partial charge in [0.1, 0.15) is 0 Å². The van der Waals surface area contributed by atoms with E-state index >= 15 is 0 Å². The van der Waals surface area contributed by atoms with E-state index in [0.717, 1.165) is 5.69 Å². The van der Waals surface area contributed by atoms with Crippen molar-refractivity contribution >= 4 is 17.5 Å². The molecular formula is C19H20N2O4. The molecule has 1 fully saturated rings. The van der Waals surface area contributed by atoms with Gasteiger partial charge < -0.3 is 19.7 Å². The maximum atomic E-state index is 12.5. The van der Waals surface area contributed by atoms with Crippen LogP contribution in [0.1, 0.15) is 16.8 Å². The molecule has 130 valence electrons. The molecule has 6 heteroatoms. The van der Waals surface area contributed by atoms with Gasteiger partial charge in [0.05, 0.1) is 20.3 Å². The number of hydrogen-bond donors (Lipinski definition) is 1. The van der Waals surface area contributed by atoms with E-state index in [9.17, 15) is 9.59 Å². The summed E-state index contributed by atoms with van der Waals surface area (Å²) < 4.78 is 10.4. The van der Waals surface area contributed by atoms with Crippen LogP contribution < -0.4 is 19.7 Å². The maximum Gasteiger partial charge on any atom is 0.251 e. The molecule has 6 nitrogen and oxygen atoms in total. The highest BCUT2D eigenvalue weighted by molar-refractivity contribution is 5.99. The molecule has 2 amide bonds. The van der Waals surface area contributed by atoms with Gasteiger partial charge in [-0.15, -0.1) is 0 Å². The number of benzene rings is 2. The quantitative estimate of drug-likeness (QED) is 0.906. The molecule has 0 spiro atoms. The number of para-hydroxylation sites is 1. The van der Waals surface area contributed by atoms with Crippen LogP contribution in [0.15, 0.2) is 48.5 Å². The van der Waals surface area contributed by atoms with E-state index in [4.69, 9.17) is 9.47 Å². The Balaban J connectivity index is 1.69. The first-order chi connectivity index (χ1) is 12.1. The summed E-state index contributed by atoms with van der Waals surface area (Å²) in [5, 5.41) is 2.92. The normalized spacial score (nSPS) is 16.6. The molecule has 0 radical (unpaired) electrons. The number of carbonyl (C=O) groups excluding carboxylic acids is 2. The minimum absolute atomic E-state index is 0.00353. The SMILES string of the molecule is COc1ccc(C(=O)N[C@H]2CC(=O)N(c3ccccc3)C2)cc1OC. The first kappa shape index (κ1) is 16.8. The van der Waals surface area contributed by atoms with Crippen molar-refractivity contribution < 1.29 is 19.1 Å². The van der Waals surface area contributed by atoms with Gasteiger partial charge >= 0.3 is 0 Å². The van der Waals surface area contributed by atoms with E-state index in [1.807, 2.05) is 30.3 Å². The molecule has 1 saturated heterocycles. The minimum atomic E-state index is -0.242. The summed E-state index contributed by atoms with van der Waals surface area (Å²) in [5.74, 6) is 0.811. The van der Waals surface area contributed by atoms with E-state index in [0.29, 0.717) is 23.6 Å². The Hall–Kier alpha value is -3.02. The number of rotatable bonds is 5. The monoisotopic (exact) mass is 340 g/mol. The highest BCUT2D eigenvalue weighted by atomic mass is 16.5. The fourth-order valence-corrected chi connectivity index (χ4v) is 2.91. The molecule has 25 heavy (non-hydrogen) atoms. The second-order valence-corrected chi connectivity index (χ2v) is 5.78. The summed E-state index contributed by atoms with van der Waals surface area (Å²) in [6.07, 6.45) is 0.286. The molecule has 0 aliphatic carbocycles. The zero-order valence-electron chi connectivity index (χ0n) is 14.2. The topological polar surface area (TPSA) is 67.9 Å². The molecule has 1 aliphatic rings. The van der Waals surface area contributed by atoms with Gasteiger partial charge in [-0.3, -0.25) is 9.59 Å². The van der Waals surface area contributed by atoms with Crippen LogP contribution in [0.5, 0.6) is 11.5 Å². The van der Waals surface area contributed by atoms with Gasteiger partial charge in [0, 0.05) is 24.2 Å². The van der Waals surface area contributed by atoms with Gasteiger partial charge in [-0.25, -0.2) is 0 Å². The van der Waals surface area contributed by atoms with E-state index < -0.39 is 0 Å². The van der Waals surface area contributed by atoms with Gasteiger partial charge in [-0.1, -0.05) is 18.2 Å². The van der Waals surface area contributed by atoms with Crippen molar-refractivity contribution in [2.45, 2.75) is 12.5 Å². The average Bonchev–Trinajstić information content (AvgIpc) is 3.01. The van der Waals surface area contributed by atoms with Crippen LogP contribution in [-0.2, 0) is 4.79 Å². The Morgan fingerprint density at radius 3 is 2.48 bits per heavy atom. The van der Waals surface area contributed by atoms with Gasteiger partial charge in [-0.05, 0) is 30.3 Å². The van der Waals surface area contributed by atoms with Crippen molar-refractivity contribution in [2.75, 3.05) is 25.7 Å². The van der Waals surface area contributed by atoms with Crippen LogP contribution in [0.2, 0.25) is 0 Å². The molecular weight excluding hydrogens is 320 g/mol. The number of hydrogen-bond acceptors (Lipinski definition) is 4. The molecule has 2 aromatic rings. The number of anilines is 1. The number of ether oxygens (including phenoxy) is 2. The number of nitrogens with zero attached hydrogens (tertiary/aromatic N) is 1. The highest BCUT2D eigenvalue weighted by Crippen LogP contribution is 2.28. The van der Waals surface area contributed by atoms with Crippen molar-refractivity contribution in [3.05, 3.63) is 54.1 Å². The lowest BCUT2D eigenvalue weighted by molar-refractivity contribution is -0.117. The Morgan fingerprint density at radius 1 is 1.08 bits per heavy atom. The van der Waals surface area contributed by atoms with Crippen molar-refractivity contribution in [3.8, 4) is 11.5 Å². The average molecular weight is 340 g/mol. The second-order valence-electron chi connectivity index (χ2n) is 5.78. The second kappa shape index (κ2) is 7.25. The van der Waals surface area contributed by atoms with Gasteiger partial charge in [0.25, 0.3) is 5.91 Å². The highest BCUT2D eigenvalue weighted by Gasteiger charge is 2.31. The molecule has 0 unspecified atom stereocenters. The third kappa shape index (κ3) is 3.57. The van der Waals surface area contributed by atoms with E-state index in [1.54, 1.807) is 30.2 Å². The van der Waals surface area contributed by atoms with E-state index in [-0.39, 0.29) is 24.3 Å². The lowest BCUT2D eigenvalue weighted by Gasteiger charge is -2.17. The van der Waals surface area contributed by atoms with Crippen molar-refractivity contribution in [3.63, 3.8) is 0 Å². The third-order valence-electron chi connectivity index (χ3n) is 4.17. The minimum Gasteiger partial charge on any atom is -0.493 e. The van der Waals surface area contributed by atoms with Crippen molar-refractivity contribution in [2.24, 2.45) is 0 Å². The number of methoxy groups -OCH3 is 2. The van der Waals surface area contributed by atoms with E-state index in [1.165, 1.54) is 7.11 Å². The Kier molecular flexibility index (Phi) is 4.88. The lowest BCUT2D eigenvalue weighted by Crippen LogP contribution is -2.37. The van der Waals surface area contributed by atoms with Gasteiger partial charge in [0.15, 0.2) is 11.5 Å². The van der Waals surface area contributed by atoms with Crippen LogP contribution in [0.3, 0.4) is 0 Å². The Labute approximate surface area is 146 Å². The van der Waals surface area contributed by atoms with Crippen LogP contribution in [-0.4, -0.2) is 38.6 Å². The molecule has 1 aliphatic heterocycles. The van der Waals surface area contributed by atoms with Crippen LogP contribution in [0.25, 0.3) is 0 Å². The summed E-state index contributed by atoms with van der Waals surface area (Å²) in [6, 6.07) is 14.2. The predicted octanol–water partition coefficient (Wildman–Crippen LogP) is 2.24.